The molecule has 2 aliphatic rings. The molecule has 2 bridgehead atoms. The molecule has 0 aromatic carbocycles. The van der Waals surface area contributed by atoms with E-state index in [-0.39, 0.29) is 24.4 Å². The van der Waals surface area contributed by atoms with Gasteiger partial charge >= 0.3 is 0 Å². The van der Waals surface area contributed by atoms with E-state index in [1.165, 1.54) is 0 Å². The van der Waals surface area contributed by atoms with Crippen molar-refractivity contribution in [3.05, 3.63) is 0 Å². The molecule has 2 rings (SSSR count). The van der Waals surface area contributed by atoms with Gasteiger partial charge in [0.15, 0.2) is 0 Å². The van der Waals surface area contributed by atoms with Crippen LogP contribution in [0.25, 0.3) is 0 Å². The fourth-order valence-corrected chi connectivity index (χ4v) is 2.55. The smallest absolute Gasteiger partial charge is 0.146 e. The second kappa shape index (κ2) is 3.45. The number of ether oxygens (including phenoxy) is 4. The summed E-state index contributed by atoms with van der Waals surface area (Å²) in [7, 11) is 3.39. The first-order valence-corrected chi connectivity index (χ1v) is 5.00. The lowest BCUT2D eigenvalue weighted by Gasteiger charge is -2.34. The van der Waals surface area contributed by atoms with Crippen molar-refractivity contribution < 1.29 is 18.9 Å². The van der Waals surface area contributed by atoms with Gasteiger partial charge in [-0.2, -0.15) is 0 Å². The maximum absolute atomic E-state index is 5.93. The fourth-order valence-electron chi connectivity index (χ4n) is 2.55. The minimum absolute atomic E-state index is 0.00699. The second-order valence-electron chi connectivity index (χ2n) is 4.09. The molecule has 2 aliphatic heterocycles. The first-order valence-electron chi connectivity index (χ1n) is 5.00. The molecule has 14 heavy (non-hydrogen) atoms. The normalized spacial score (nSPS) is 48.4. The summed E-state index contributed by atoms with van der Waals surface area (Å²) in [5.74, 6) is 0. The number of methoxy groups -OCH3 is 2. The molecule has 0 aliphatic carbocycles. The molecule has 0 aromatic rings. The standard InChI is InChI=1S/C10H18O4/c1-6-8-9(12-4)10(14-6,5-13-8)7(2)11-3/h6-9H,5H2,1-4H3/t6-,7+,8+,9+,10-/m0/s1. The van der Waals surface area contributed by atoms with Crippen molar-refractivity contribution in [1.82, 2.24) is 0 Å². The van der Waals surface area contributed by atoms with E-state index in [9.17, 15) is 0 Å². The van der Waals surface area contributed by atoms with Crippen LogP contribution in [0.4, 0.5) is 0 Å². The molecule has 0 unspecified atom stereocenters. The molecule has 0 N–H and O–H groups in total. The van der Waals surface area contributed by atoms with Crippen LogP contribution < -0.4 is 0 Å². The highest BCUT2D eigenvalue weighted by Gasteiger charge is 2.63. The number of fused-ring (bicyclic) bond motifs is 2. The van der Waals surface area contributed by atoms with Gasteiger partial charge in [-0.15, -0.1) is 0 Å². The van der Waals surface area contributed by atoms with E-state index in [1.807, 2.05) is 13.8 Å². The predicted molar refractivity (Wildman–Crippen MR) is 50.3 cm³/mol. The summed E-state index contributed by atoms with van der Waals surface area (Å²) in [5, 5.41) is 0. The summed E-state index contributed by atoms with van der Waals surface area (Å²) in [6.07, 6.45) is 0.124. The maximum Gasteiger partial charge on any atom is 0.146 e. The van der Waals surface area contributed by atoms with E-state index in [2.05, 4.69) is 0 Å². The van der Waals surface area contributed by atoms with Crippen molar-refractivity contribution >= 4 is 0 Å². The van der Waals surface area contributed by atoms with Gasteiger partial charge in [0.25, 0.3) is 0 Å². The molecule has 4 heteroatoms. The van der Waals surface area contributed by atoms with Crippen LogP contribution in [-0.4, -0.2) is 50.8 Å². The zero-order chi connectivity index (χ0) is 10.3. The van der Waals surface area contributed by atoms with Crippen LogP contribution >= 0.6 is 0 Å². The third-order valence-corrected chi connectivity index (χ3v) is 3.44. The maximum atomic E-state index is 5.93. The van der Waals surface area contributed by atoms with Crippen LogP contribution in [0, 0.1) is 0 Å². The van der Waals surface area contributed by atoms with Crippen LogP contribution in [0.5, 0.6) is 0 Å². The van der Waals surface area contributed by atoms with Gasteiger partial charge in [-0.1, -0.05) is 0 Å². The van der Waals surface area contributed by atoms with Crippen molar-refractivity contribution in [3.8, 4) is 0 Å². The van der Waals surface area contributed by atoms with Gasteiger partial charge in [-0.25, -0.2) is 0 Å². The van der Waals surface area contributed by atoms with Gasteiger partial charge in [0.2, 0.25) is 0 Å². The fraction of sp³-hybridized carbons (Fsp3) is 1.00. The average molecular weight is 202 g/mol. The van der Waals surface area contributed by atoms with Gasteiger partial charge in [0.1, 0.15) is 17.8 Å². The molecule has 0 saturated carbocycles. The van der Waals surface area contributed by atoms with Crippen molar-refractivity contribution in [2.24, 2.45) is 0 Å². The average Bonchev–Trinajstić information content (AvgIpc) is 2.68. The SMILES string of the molecule is CO[C@@H]1[C@@H]2OC[C@@]1([C@@H](C)OC)O[C@H]2C. The number of rotatable bonds is 3. The van der Waals surface area contributed by atoms with E-state index in [0.717, 1.165) is 0 Å². The van der Waals surface area contributed by atoms with Crippen LogP contribution in [0.15, 0.2) is 0 Å². The Labute approximate surface area is 84.5 Å². The number of hydrogen-bond acceptors (Lipinski definition) is 4. The lowest BCUT2D eigenvalue weighted by Crippen LogP contribution is -2.51. The summed E-state index contributed by atoms with van der Waals surface area (Å²) in [4.78, 5) is 0. The van der Waals surface area contributed by atoms with E-state index in [0.29, 0.717) is 6.61 Å². The van der Waals surface area contributed by atoms with E-state index in [1.54, 1.807) is 14.2 Å². The topological polar surface area (TPSA) is 36.9 Å². The Balaban J connectivity index is 2.24. The third-order valence-electron chi connectivity index (χ3n) is 3.44. The van der Waals surface area contributed by atoms with E-state index >= 15 is 0 Å². The van der Waals surface area contributed by atoms with E-state index in [4.69, 9.17) is 18.9 Å². The number of hydrogen-bond donors (Lipinski definition) is 0. The lowest BCUT2D eigenvalue weighted by atomic mass is 9.93. The van der Waals surface area contributed by atoms with Crippen molar-refractivity contribution in [3.63, 3.8) is 0 Å². The Hall–Kier alpha value is -0.160. The monoisotopic (exact) mass is 202 g/mol. The molecular formula is C10H18O4. The van der Waals surface area contributed by atoms with Crippen molar-refractivity contribution in [1.29, 1.82) is 0 Å². The molecule has 2 fully saturated rings. The second-order valence-corrected chi connectivity index (χ2v) is 4.09. The molecule has 0 amide bonds. The van der Waals surface area contributed by atoms with Gasteiger partial charge in [0.05, 0.1) is 18.8 Å². The van der Waals surface area contributed by atoms with Crippen molar-refractivity contribution in [2.75, 3.05) is 20.8 Å². The molecule has 2 heterocycles. The minimum Gasteiger partial charge on any atom is -0.379 e. The first kappa shape index (κ1) is 10.4. The molecule has 5 atom stereocenters. The van der Waals surface area contributed by atoms with Gasteiger partial charge < -0.3 is 18.9 Å². The van der Waals surface area contributed by atoms with Gasteiger partial charge in [-0.3, -0.25) is 0 Å². The summed E-state index contributed by atoms with van der Waals surface area (Å²) >= 11 is 0. The molecular weight excluding hydrogens is 184 g/mol. The Bertz CT molecular complexity index is 220. The van der Waals surface area contributed by atoms with E-state index < -0.39 is 5.60 Å². The molecule has 4 nitrogen and oxygen atoms in total. The zero-order valence-corrected chi connectivity index (χ0v) is 9.15. The largest absolute Gasteiger partial charge is 0.379 e. The third kappa shape index (κ3) is 1.15. The highest BCUT2D eigenvalue weighted by atomic mass is 16.7. The summed E-state index contributed by atoms with van der Waals surface area (Å²) in [6.45, 7) is 4.57. The van der Waals surface area contributed by atoms with Crippen LogP contribution in [0.2, 0.25) is 0 Å². The summed E-state index contributed by atoms with van der Waals surface area (Å²) in [5.41, 5.74) is -0.409. The zero-order valence-electron chi connectivity index (χ0n) is 9.15. The minimum atomic E-state index is -0.409. The Morgan fingerprint density at radius 3 is 2.64 bits per heavy atom. The van der Waals surface area contributed by atoms with Crippen LogP contribution in [-0.2, 0) is 18.9 Å². The van der Waals surface area contributed by atoms with Crippen LogP contribution in [0.1, 0.15) is 13.8 Å². The highest BCUT2D eigenvalue weighted by molar-refractivity contribution is 5.10. The molecule has 0 radical (unpaired) electrons. The van der Waals surface area contributed by atoms with Crippen LogP contribution in [0.3, 0.4) is 0 Å². The van der Waals surface area contributed by atoms with Crippen molar-refractivity contribution in [2.45, 2.75) is 43.9 Å². The summed E-state index contributed by atoms with van der Waals surface area (Å²) in [6, 6.07) is 0. The molecule has 0 spiro atoms. The van der Waals surface area contributed by atoms with Gasteiger partial charge in [0, 0.05) is 14.2 Å². The lowest BCUT2D eigenvalue weighted by molar-refractivity contribution is -0.187. The Kier molecular flexibility index (Phi) is 2.55. The van der Waals surface area contributed by atoms with Gasteiger partial charge in [-0.05, 0) is 13.8 Å². The quantitative estimate of drug-likeness (QED) is 0.671. The highest BCUT2D eigenvalue weighted by Crippen LogP contribution is 2.44. The molecule has 2 saturated heterocycles. The molecule has 0 aromatic heterocycles. The summed E-state index contributed by atoms with van der Waals surface area (Å²) < 4.78 is 22.4. The Morgan fingerprint density at radius 1 is 1.43 bits per heavy atom. The predicted octanol–water partition coefficient (Wildman–Crippen LogP) is 0.593. The Morgan fingerprint density at radius 2 is 2.14 bits per heavy atom. The molecule has 82 valence electrons. The first-order chi connectivity index (χ1) is 6.65.